The number of alkyl halides is 3. The van der Waals surface area contributed by atoms with Crippen molar-refractivity contribution in [1.82, 2.24) is 4.98 Å². The molecule has 0 bridgehead atoms. The van der Waals surface area contributed by atoms with Gasteiger partial charge in [0, 0.05) is 4.47 Å². The third kappa shape index (κ3) is 3.72. The van der Waals surface area contributed by atoms with Gasteiger partial charge in [0.05, 0.1) is 23.0 Å². The second kappa shape index (κ2) is 5.72. The Bertz CT molecular complexity index is 671. The zero-order valence-corrected chi connectivity index (χ0v) is 12.0. The third-order valence-electron chi connectivity index (χ3n) is 2.58. The van der Waals surface area contributed by atoms with Crippen molar-refractivity contribution >= 4 is 33.3 Å². The van der Waals surface area contributed by atoms with Crippen molar-refractivity contribution < 1.29 is 18.0 Å². The van der Waals surface area contributed by atoms with E-state index in [0.717, 1.165) is 12.1 Å². The zero-order chi connectivity index (χ0) is 15.6. The van der Waals surface area contributed by atoms with Crippen LogP contribution in [0.1, 0.15) is 15.9 Å². The highest BCUT2D eigenvalue weighted by Crippen LogP contribution is 2.34. The second-order valence-electron chi connectivity index (χ2n) is 4.11. The summed E-state index contributed by atoms with van der Waals surface area (Å²) in [6.45, 7) is 0. The Morgan fingerprint density at radius 1 is 1.24 bits per heavy atom. The summed E-state index contributed by atoms with van der Waals surface area (Å²) in [5.41, 5.74) is 4.16. The summed E-state index contributed by atoms with van der Waals surface area (Å²) in [6.07, 6.45) is -3.37. The Balaban J connectivity index is 2.33. The van der Waals surface area contributed by atoms with E-state index in [-0.39, 0.29) is 16.0 Å². The van der Waals surface area contributed by atoms with Gasteiger partial charge in [-0.25, -0.2) is 4.98 Å². The molecule has 0 spiro atoms. The first-order chi connectivity index (χ1) is 9.77. The molecule has 1 amide bonds. The molecule has 0 fully saturated rings. The number of halogens is 4. The lowest BCUT2D eigenvalue weighted by atomic mass is 10.1. The average Bonchev–Trinajstić information content (AvgIpc) is 2.40. The monoisotopic (exact) mass is 359 g/mol. The van der Waals surface area contributed by atoms with Crippen LogP contribution in [0, 0.1) is 0 Å². The number of aromatic nitrogens is 1. The Kier molecular flexibility index (Phi) is 4.17. The topological polar surface area (TPSA) is 68.0 Å². The lowest BCUT2D eigenvalue weighted by Gasteiger charge is -2.13. The van der Waals surface area contributed by atoms with E-state index in [1.807, 2.05) is 0 Å². The Morgan fingerprint density at radius 3 is 2.52 bits per heavy atom. The molecular formula is C13H9BrF3N3O. The normalized spacial score (nSPS) is 11.2. The van der Waals surface area contributed by atoms with Crippen LogP contribution in [0.25, 0.3) is 0 Å². The SMILES string of the molecule is Nc1ccc(NC(=O)c2ccc(Br)cc2C(F)(F)F)cn1. The molecule has 0 aliphatic carbocycles. The van der Waals surface area contributed by atoms with Crippen LogP contribution < -0.4 is 11.1 Å². The van der Waals surface area contributed by atoms with E-state index in [4.69, 9.17) is 5.73 Å². The summed E-state index contributed by atoms with van der Waals surface area (Å²) in [6, 6.07) is 6.21. The number of nitrogens with zero attached hydrogens (tertiary/aromatic N) is 1. The van der Waals surface area contributed by atoms with Gasteiger partial charge in [-0.1, -0.05) is 15.9 Å². The highest BCUT2D eigenvalue weighted by molar-refractivity contribution is 9.10. The summed E-state index contributed by atoms with van der Waals surface area (Å²) in [5, 5.41) is 2.35. The van der Waals surface area contributed by atoms with Crippen molar-refractivity contribution in [2.45, 2.75) is 6.18 Å². The molecule has 0 saturated heterocycles. The highest BCUT2D eigenvalue weighted by Gasteiger charge is 2.35. The Hall–Kier alpha value is -2.09. The number of carbonyl (C=O) groups excluding carboxylic acids is 1. The molecule has 0 saturated carbocycles. The molecule has 2 rings (SSSR count). The summed E-state index contributed by atoms with van der Waals surface area (Å²) in [4.78, 5) is 15.7. The molecule has 0 radical (unpaired) electrons. The standard InChI is InChI=1S/C13H9BrF3N3O/c14-7-1-3-9(10(5-7)13(15,16)17)12(21)20-8-2-4-11(18)19-6-8/h1-6H,(H2,18,19)(H,20,21). The molecule has 1 heterocycles. The minimum atomic E-state index is -4.63. The smallest absolute Gasteiger partial charge is 0.384 e. The molecule has 2 aromatic rings. The van der Waals surface area contributed by atoms with Crippen LogP contribution in [0.15, 0.2) is 41.0 Å². The van der Waals surface area contributed by atoms with Crippen molar-refractivity contribution in [3.8, 4) is 0 Å². The largest absolute Gasteiger partial charge is 0.417 e. The maximum Gasteiger partial charge on any atom is 0.417 e. The summed E-state index contributed by atoms with van der Waals surface area (Å²) in [7, 11) is 0. The number of amides is 1. The van der Waals surface area contributed by atoms with Crippen molar-refractivity contribution in [3.63, 3.8) is 0 Å². The maximum absolute atomic E-state index is 13.0. The number of nitrogen functional groups attached to an aromatic ring is 1. The minimum absolute atomic E-state index is 0.237. The summed E-state index contributed by atoms with van der Waals surface area (Å²) < 4.78 is 39.1. The van der Waals surface area contributed by atoms with E-state index in [9.17, 15) is 18.0 Å². The van der Waals surface area contributed by atoms with E-state index in [1.165, 1.54) is 24.4 Å². The zero-order valence-electron chi connectivity index (χ0n) is 10.4. The predicted octanol–water partition coefficient (Wildman–Crippen LogP) is 3.70. The van der Waals surface area contributed by atoms with Gasteiger partial charge in [-0.15, -0.1) is 0 Å². The first-order valence-corrected chi connectivity index (χ1v) is 6.46. The number of rotatable bonds is 2. The molecule has 0 atom stereocenters. The van der Waals surface area contributed by atoms with Crippen molar-refractivity contribution in [1.29, 1.82) is 0 Å². The van der Waals surface area contributed by atoms with Crippen LogP contribution in [0.3, 0.4) is 0 Å². The summed E-state index contributed by atoms with van der Waals surface area (Å²) >= 11 is 2.96. The Labute approximate surface area is 126 Å². The van der Waals surface area contributed by atoms with Crippen LogP contribution in [0.4, 0.5) is 24.7 Å². The predicted molar refractivity (Wildman–Crippen MR) is 75.7 cm³/mol. The number of pyridine rings is 1. The fourth-order valence-corrected chi connectivity index (χ4v) is 1.99. The molecule has 8 heteroatoms. The molecule has 1 aromatic heterocycles. The van der Waals surface area contributed by atoms with Crippen molar-refractivity contribution in [3.05, 3.63) is 52.1 Å². The third-order valence-corrected chi connectivity index (χ3v) is 3.07. The van der Waals surface area contributed by atoms with Crippen LogP contribution >= 0.6 is 15.9 Å². The molecule has 0 aliphatic rings. The van der Waals surface area contributed by atoms with Gasteiger partial charge in [-0.05, 0) is 30.3 Å². The van der Waals surface area contributed by atoms with Crippen LogP contribution in [-0.4, -0.2) is 10.9 Å². The lowest BCUT2D eigenvalue weighted by Crippen LogP contribution is -2.18. The van der Waals surface area contributed by atoms with Gasteiger partial charge in [0.15, 0.2) is 0 Å². The van der Waals surface area contributed by atoms with Gasteiger partial charge in [0.2, 0.25) is 0 Å². The first kappa shape index (κ1) is 15.3. The number of benzene rings is 1. The number of anilines is 2. The van der Waals surface area contributed by atoms with E-state index >= 15 is 0 Å². The van der Waals surface area contributed by atoms with Crippen molar-refractivity contribution in [2.75, 3.05) is 11.1 Å². The van der Waals surface area contributed by atoms with Gasteiger partial charge in [0.1, 0.15) is 5.82 Å². The van der Waals surface area contributed by atoms with Gasteiger partial charge in [-0.3, -0.25) is 4.79 Å². The quantitative estimate of drug-likeness (QED) is 0.858. The number of carbonyl (C=O) groups is 1. The molecule has 0 aliphatic heterocycles. The fraction of sp³-hybridized carbons (Fsp3) is 0.0769. The van der Waals surface area contributed by atoms with Crippen LogP contribution in [0.2, 0.25) is 0 Å². The number of hydrogen-bond acceptors (Lipinski definition) is 3. The minimum Gasteiger partial charge on any atom is -0.384 e. The Morgan fingerprint density at radius 2 is 1.95 bits per heavy atom. The molecule has 110 valence electrons. The van der Waals surface area contributed by atoms with E-state index in [1.54, 1.807) is 0 Å². The fourth-order valence-electron chi connectivity index (χ4n) is 1.63. The molecule has 0 unspecified atom stereocenters. The maximum atomic E-state index is 13.0. The molecule has 4 nitrogen and oxygen atoms in total. The van der Waals surface area contributed by atoms with Gasteiger partial charge < -0.3 is 11.1 Å². The van der Waals surface area contributed by atoms with Gasteiger partial charge in [-0.2, -0.15) is 13.2 Å². The molecule has 1 aromatic carbocycles. The average molecular weight is 360 g/mol. The van der Waals surface area contributed by atoms with E-state index < -0.39 is 23.2 Å². The molecule has 21 heavy (non-hydrogen) atoms. The number of nitrogens with two attached hydrogens (primary N) is 1. The molecular weight excluding hydrogens is 351 g/mol. The number of hydrogen-bond donors (Lipinski definition) is 2. The second-order valence-corrected chi connectivity index (χ2v) is 5.03. The summed E-state index contributed by atoms with van der Waals surface area (Å²) in [5.74, 6) is -0.631. The van der Waals surface area contributed by atoms with Crippen LogP contribution in [0.5, 0.6) is 0 Å². The van der Waals surface area contributed by atoms with E-state index in [2.05, 4.69) is 26.2 Å². The molecule has 3 N–H and O–H groups in total. The van der Waals surface area contributed by atoms with Gasteiger partial charge in [0.25, 0.3) is 5.91 Å². The lowest BCUT2D eigenvalue weighted by molar-refractivity contribution is -0.137. The van der Waals surface area contributed by atoms with E-state index in [0.29, 0.717) is 0 Å². The number of nitrogens with one attached hydrogen (secondary N) is 1. The van der Waals surface area contributed by atoms with Gasteiger partial charge >= 0.3 is 6.18 Å². The van der Waals surface area contributed by atoms with Crippen LogP contribution in [-0.2, 0) is 6.18 Å². The first-order valence-electron chi connectivity index (χ1n) is 5.67. The van der Waals surface area contributed by atoms with Crippen molar-refractivity contribution in [2.24, 2.45) is 0 Å². The highest BCUT2D eigenvalue weighted by atomic mass is 79.9.